The summed E-state index contributed by atoms with van der Waals surface area (Å²) in [4.78, 5) is 0.317. The number of halogens is 1. The van der Waals surface area contributed by atoms with E-state index in [1.54, 1.807) is 0 Å². The Morgan fingerprint density at radius 3 is 2.67 bits per heavy atom. The highest BCUT2D eigenvalue weighted by Gasteiger charge is 2.32. The summed E-state index contributed by atoms with van der Waals surface area (Å²) < 4.78 is 6.25. The fourth-order valence-corrected chi connectivity index (χ4v) is 3.70. The molecule has 0 bridgehead atoms. The van der Waals surface area contributed by atoms with Crippen LogP contribution in [0.2, 0.25) is 5.02 Å². The summed E-state index contributed by atoms with van der Waals surface area (Å²) in [6.45, 7) is 6.86. The van der Waals surface area contributed by atoms with Gasteiger partial charge in [-0.1, -0.05) is 51.0 Å². The topological polar surface area (TPSA) is 35.2 Å². The summed E-state index contributed by atoms with van der Waals surface area (Å²) in [5.41, 5.74) is 6.34. The van der Waals surface area contributed by atoms with Crippen molar-refractivity contribution in [1.82, 2.24) is 0 Å². The van der Waals surface area contributed by atoms with E-state index < -0.39 is 0 Å². The number of ether oxygens (including phenoxy) is 1. The molecular formula is C17H24ClNOS. The molecule has 0 amide bonds. The molecule has 3 unspecified atom stereocenters. The zero-order chi connectivity index (χ0) is 15.6. The Hall–Kier alpha value is -0.800. The summed E-state index contributed by atoms with van der Waals surface area (Å²) in [6, 6.07) is 5.58. The van der Waals surface area contributed by atoms with Crippen molar-refractivity contribution in [2.75, 3.05) is 0 Å². The first-order chi connectivity index (χ1) is 9.88. The van der Waals surface area contributed by atoms with Gasteiger partial charge < -0.3 is 10.5 Å². The Balaban J connectivity index is 2.15. The van der Waals surface area contributed by atoms with Crippen LogP contribution in [0.3, 0.4) is 0 Å². The van der Waals surface area contributed by atoms with Crippen LogP contribution in [0.1, 0.15) is 45.6 Å². The van der Waals surface area contributed by atoms with E-state index in [2.05, 4.69) is 20.8 Å². The fraction of sp³-hybridized carbons (Fsp3) is 0.588. The van der Waals surface area contributed by atoms with Gasteiger partial charge in [0.25, 0.3) is 0 Å². The van der Waals surface area contributed by atoms with Crippen LogP contribution in [0.15, 0.2) is 18.2 Å². The molecule has 2 N–H and O–H groups in total. The smallest absolute Gasteiger partial charge is 0.121 e. The van der Waals surface area contributed by atoms with Gasteiger partial charge in [0, 0.05) is 5.56 Å². The molecule has 21 heavy (non-hydrogen) atoms. The number of hydrogen-bond donors (Lipinski definition) is 1. The van der Waals surface area contributed by atoms with Crippen LogP contribution in [-0.4, -0.2) is 11.1 Å². The van der Waals surface area contributed by atoms with Gasteiger partial charge in [-0.3, -0.25) is 0 Å². The maximum atomic E-state index is 6.25. The molecule has 1 aromatic rings. The Morgan fingerprint density at radius 1 is 1.38 bits per heavy atom. The van der Waals surface area contributed by atoms with Crippen LogP contribution < -0.4 is 10.5 Å². The van der Waals surface area contributed by atoms with Crippen molar-refractivity contribution in [3.63, 3.8) is 0 Å². The molecule has 1 saturated carbocycles. The van der Waals surface area contributed by atoms with Crippen LogP contribution >= 0.6 is 23.8 Å². The number of rotatable bonds is 4. The molecule has 0 aromatic heterocycles. The molecule has 116 valence electrons. The molecule has 1 aliphatic carbocycles. The minimum absolute atomic E-state index is 0.264. The van der Waals surface area contributed by atoms with E-state index in [1.165, 1.54) is 12.8 Å². The second kappa shape index (κ2) is 6.97. The molecule has 0 spiro atoms. The first kappa shape index (κ1) is 16.6. The average Bonchev–Trinajstić information content (AvgIpc) is 2.37. The first-order valence-electron chi connectivity index (χ1n) is 7.64. The van der Waals surface area contributed by atoms with Gasteiger partial charge in [-0.25, -0.2) is 0 Å². The van der Waals surface area contributed by atoms with E-state index in [-0.39, 0.29) is 6.10 Å². The van der Waals surface area contributed by atoms with Crippen molar-refractivity contribution in [1.29, 1.82) is 0 Å². The quantitative estimate of drug-likeness (QED) is 0.806. The zero-order valence-electron chi connectivity index (χ0n) is 12.9. The Morgan fingerprint density at radius 2 is 2.10 bits per heavy atom. The summed E-state index contributed by atoms with van der Waals surface area (Å²) >= 11 is 11.2. The lowest BCUT2D eigenvalue weighted by Crippen LogP contribution is -2.36. The van der Waals surface area contributed by atoms with Crippen molar-refractivity contribution in [3.05, 3.63) is 28.8 Å². The first-order valence-corrected chi connectivity index (χ1v) is 8.43. The van der Waals surface area contributed by atoms with Gasteiger partial charge in [0.05, 0.1) is 5.02 Å². The lowest BCUT2D eigenvalue weighted by molar-refractivity contribution is 0.0460. The predicted molar refractivity (Wildman–Crippen MR) is 93.1 cm³/mol. The molecule has 0 radical (unpaired) electrons. The largest absolute Gasteiger partial charge is 0.490 e. The van der Waals surface area contributed by atoms with E-state index in [0.29, 0.717) is 27.4 Å². The SMILES string of the molecule is CC1CCC(C(C)C)C(Oc2ccc(C(N)=S)c(Cl)c2)C1. The van der Waals surface area contributed by atoms with Crippen LogP contribution in [0.25, 0.3) is 0 Å². The second-order valence-corrected chi connectivity index (χ2v) is 7.34. The molecule has 3 atom stereocenters. The third-order valence-corrected chi connectivity index (χ3v) is 4.99. The molecular weight excluding hydrogens is 302 g/mol. The molecule has 2 rings (SSSR count). The number of thiocarbonyl (C=S) groups is 1. The van der Waals surface area contributed by atoms with E-state index in [1.807, 2.05) is 18.2 Å². The van der Waals surface area contributed by atoms with Crippen molar-refractivity contribution < 1.29 is 4.74 Å². The molecule has 1 fully saturated rings. The summed E-state index contributed by atoms with van der Waals surface area (Å²) in [5.74, 6) is 2.77. The van der Waals surface area contributed by atoms with Gasteiger partial charge in [0.2, 0.25) is 0 Å². The van der Waals surface area contributed by atoms with Gasteiger partial charge >= 0.3 is 0 Å². The van der Waals surface area contributed by atoms with Crippen molar-refractivity contribution in [3.8, 4) is 5.75 Å². The van der Waals surface area contributed by atoms with E-state index >= 15 is 0 Å². The third-order valence-electron chi connectivity index (χ3n) is 4.45. The normalized spacial score (nSPS) is 25.9. The van der Waals surface area contributed by atoms with E-state index in [9.17, 15) is 0 Å². The van der Waals surface area contributed by atoms with E-state index in [4.69, 9.17) is 34.3 Å². The standard InChI is InChI=1S/C17H24ClNOS/c1-10(2)13-6-4-11(3)8-16(13)20-12-5-7-14(17(19)21)15(18)9-12/h5,7,9-11,13,16H,4,6,8H2,1-3H3,(H2,19,21). The number of nitrogens with two attached hydrogens (primary N) is 1. The monoisotopic (exact) mass is 325 g/mol. The van der Waals surface area contributed by atoms with E-state index in [0.717, 1.165) is 18.1 Å². The summed E-state index contributed by atoms with van der Waals surface area (Å²) in [5, 5.41) is 0.560. The van der Waals surface area contributed by atoms with Crippen molar-refractivity contribution in [2.45, 2.75) is 46.1 Å². The summed E-state index contributed by atoms with van der Waals surface area (Å²) in [7, 11) is 0. The molecule has 0 saturated heterocycles. The Labute approximate surface area is 138 Å². The molecule has 4 heteroatoms. The van der Waals surface area contributed by atoms with Crippen LogP contribution in [0.4, 0.5) is 0 Å². The molecule has 1 aromatic carbocycles. The van der Waals surface area contributed by atoms with Gasteiger partial charge in [0.1, 0.15) is 16.8 Å². The minimum Gasteiger partial charge on any atom is -0.490 e. The lowest BCUT2D eigenvalue weighted by atomic mass is 9.75. The predicted octanol–water partition coefficient (Wildman–Crippen LogP) is 4.81. The highest BCUT2D eigenvalue weighted by Crippen LogP contribution is 2.36. The minimum atomic E-state index is 0.264. The van der Waals surface area contributed by atoms with Crippen molar-refractivity contribution >= 4 is 28.8 Å². The number of benzene rings is 1. The van der Waals surface area contributed by atoms with Crippen LogP contribution in [0, 0.1) is 17.8 Å². The second-order valence-electron chi connectivity index (χ2n) is 6.49. The lowest BCUT2D eigenvalue weighted by Gasteiger charge is -2.37. The maximum Gasteiger partial charge on any atom is 0.121 e. The molecule has 0 heterocycles. The third kappa shape index (κ3) is 4.10. The Kier molecular flexibility index (Phi) is 5.50. The fourth-order valence-electron chi connectivity index (χ4n) is 3.19. The van der Waals surface area contributed by atoms with Gasteiger partial charge in [0.15, 0.2) is 0 Å². The summed E-state index contributed by atoms with van der Waals surface area (Å²) in [6.07, 6.45) is 3.91. The van der Waals surface area contributed by atoms with Gasteiger partial charge in [-0.15, -0.1) is 0 Å². The molecule has 0 aliphatic heterocycles. The van der Waals surface area contributed by atoms with Gasteiger partial charge in [-0.05, 0) is 48.8 Å². The van der Waals surface area contributed by atoms with Crippen molar-refractivity contribution in [2.24, 2.45) is 23.5 Å². The Bertz CT molecular complexity index is 518. The van der Waals surface area contributed by atoms with Crippen LogP contribution in [-0.2, 0) is 0 Å². The average molecular weight is 326 g/mol. The maximum absolute atomic E-state index is 6.25. The van der Waals surface area contributed by atoms with Gasteiger partial charge in [-0.2, -0.15) is 0 Å². The highest BCUT2D eigenvalue weighted by atomic mass is 35.5. The highest BCUT2D eigenvalue weighted by molar-refractivity contribution is 7.80. The molecule has 1 aliphatic rings. The molecule has 2 nitrogen and oxygen atoms in total. The zero-order valence-corrected chi connectivity index (χ0v) is 14.5. The van der Waals surface area contributed by atoms with Crippen LogP contribution in [0.5, 0.6) is 5.75 Å². The number of hydrogen-bond acceptors (Lipinski definition) is 2.